The molecule has 148 valence electrons. The van der Waals surface area contributed by atoms with E-state index >= 15 is 0 Å². The van der Waals surface area contributed by atoms with Gasteiger partial charge in [-0.15, -0.1) is 0 Å². The summed E-state index contributed by atoms with van der Waals surface area (Å²) >= 11 is 0. The van der Waals surface area contributed by atoms with Crippen molar-refractivity contribution in [2.75, 3.05) is 20.7 Å². The van der Waals surface area contributed by atoms with Gasteiger partial charge in [0.05, 0.1) is 0 Å². The first-order valence-electron chi connectivity index (χ1n) is 8.81. The number of carboxylic acids is 1. The van der Waals surface area contributed by atoms with Crippen LogP contribution in [0.2, 0.25) is 0 Å². The summed E-state index contributed by atoms with van der Waals surface area (Å²) in [6.07, 6.45) is 0.0294. The molecule has 0 fully saturated rings. The Hall–Kier alpha value is -3.35. The van der Waals surface area contributed by atoms with E-state index in [1.54, 1.807) is 14.1 Å². The number of hydrogen-bond acceptors (Lipinski definition) is 4. The number of carboxylic acid groups (broad SMARTS) is 1. The van der Waals surface area contributed by atoms with Crippen LogP contribution in [-0.2, 0) is 14.3 Å². The second-order valence-electron chi connectivity index (χ2n) is 6.60. The number of alkyl carbamates (subject to hydrolysis) is 1. The second-order valence-corrected chi connectivity index (χ2v) is 6.60. The zero-order valence-corrected chi connectivity index (χ0v) is 16.1. The number of benzene rings is 2. The zero-order valence-electron chi connectivity index (χ0n) is 16.1. The summed E-state index contributed by atoms with van der Waals surface area (Å²) in [7, 11) is 3.38. The van der Waals surface area contributed by atoms with Crippen molar-refractivity contribution in [3.8, 4) is 11.1 Å². The SMILES string of the molecule is CN(C)C=O.C[C@H](NC(=O)OCC1c2ccccc2-c2ccccc21)C(=O)O. The van der Waals surface area contributed by atoms with Gasteiger partial charge in [-0.25, -0.2) is 4.79 Å². The van der Waals surface area contributed by atoms with Crippen LogP contribution >= 0.6 is 0 Å². The minimum Gasteiger partial charge on any atom is -0.480 e. The fourth-order valence-electron chi connectivity index (χ4n) is 2.88. The lowest BCUT2D eigenvalue weighted by Gasteiger charge is -2.15. The van der Waals surface area contributed by atoms with Gasteiger partial charge in [0.15, 0.2) is 0 Å². The molecule has 0 aliphatic heterocycles. The van der Waals surface area contributed by atoms with E-state index in [1.165, 1.54) is 11.8 Å². The van der Waals surface area contributed by atoms with Crippen molar-refractivity contribution in [3.05, 3.63) is 59.7 Å². The van der Waals surface area contributed by atoms with Crippen LogP contribution in [-0.4, -0.2) is 55.2 Å². The number of carbonyl (C=O) groups is 3. The Bertz CT molecular complexity index is 805. The molecule has 0 aromatic heterocycles. The Morgan fingerprint density at radius 2 is 1.57 bits per heavy atom. The number of aliphatic carboxylic acids is 1. The Morgan fingerprint density at radius 3 is 2.00 bits per heavy atom. The topological polar surface area (TPSA) is 95.9 Å². The van der Waals surface area contributed by atoms with Gasteiger partial charge in [-0.3, -0.25) is 9.59 Å². The maximum atomic E-state index is 11.7. The number of fused-ring (bicyclic) bond motifs is 3. The van der Waals surface area contributed by atoms with Crippen molar-refractivity contribution in [2.24, 2.45) is 0 Å². The van der Waals surface area contributed by atoms with Gasteiger partial charge < -0.3 is 20.1 Å². The first-order valence-corrected chi connectivity index (χ1v) is 8.81. The van der Waals surface area contributed by atoms with Gasteiger partial charge in [-0.2, -0.15) is 0 Å². The quantitative estimate of drug-likeness (QED) is 0.773. The predicted octanol–water partition coefficient (Wildman–Crippen LogP) is 2.70. The molecule has 0 spiro atoms. The molecule has 7 nitrogen and oxygen atoms in total. The molecule has 0 saturated carbocycles. The molecule has 3 rings (SSSR count). The summed E-state index contributed by atoms with van der Waals surface area (Å²) in [6, 6.07) is 15.1. The summed E-state index contributed by atoms with van der Waals surface area (Å²) in [5.74, 6) is -1.13. The van der Waals surface area contributed by atoms with Crippen LogP contribution in [0.1, 0.15) is 24.0 Å². The van der Waals surface area contributed by atoms with Crippen molar-refractivity contribution in [2.45, 2.75) is 18.9 Å². The summed E-state index contributed by atoms with van der Waals surface area (Å²) in [5.41, 5.74) is 4.53. The number of nitrogens with one attached hydrogen (secondary N) is 1. The van der Waals surface area contributed by atoms with Crippen LogP contribution in [0.4, 0.5) is 4.79 Å². The highest BCUT2D eigenvalue weighted by atomic mass is 16.5. The molecule has 0 unspecified atom stereocenters. The third-order valence-electron chi connectivity index (χ3n) is 4.26. The molecule has 1 aliphatic carbocycles. The van der Waals surface area contributed by atoms with Crippen LogP contribution in [0.15, 0.2) is 48.5 Å². The maximum Gasteiger partial charge on any atom is 0.407 e. The molecule has 0 saturated heterocycles. The number of carbonyl (C=O) groups excluding carboxylic acids is 2. The third-order valence-corrected chi connectivity index (χ3v) is 4.26. The average Bonchev–Trinajstić information content (AvgIpc) is 3.00. The van der Waals surface area contributed by atoms with Crippen LogP contribution in [0, 0.1) is 0 Å². The Kier molecular flexibility index (Phi) is 7.14. The highest BCUT2D eigenvalue weighted by Crippen LogP contribution is 2.44. The molecular weight excluding hydrogens is 360 g/mol. The van der Waals surface area contributed by atoms with Gasteiger partial charge in [0.2, 0.25) is 6.41 Å². The summed E-state index contributed by atoms with van der Waals surface area (Å²) < 4.78 is 5.25. The second kappa shape index (κ2) is 9.55. The molecule has 1 aliphatic rings. The third kappa shape index (κ3) is 5.09. The van der Waals surface area contributed by atoms with Crippen molar-refractivity contribution in [1.29, 1.82) is 0 Å². The van der Waals surface area contributed by atoms with Gasteiger partial charge >= 0.3 is 12.1 Å². The van der Waals surface area contributed by atoms with Gasteiger partial charge in [-0.1, -0.05) is 48.5 Å². The summed E-state index contributed by atoms with van der Waals surface area (Å²) in [4.78, 5) is 33.4. The molecular formula is C21H24N2O5. The Balaban J connectivity index is 0.000000500. The van der Waals surface area contributed by atoms with E-state index in [9.17, 15) is 14.4 Å². The molecule has 2 aromatic carbocycles. The van der Waals surface area contributed by atoms with Gasteiger partial charge in [0.1, 0.15) is 12.6 Å². The highest BCUT2D eigenvalue weighted by molar-refractivity contribution is 5.80. The minimum atomic E-state index is -1.10. The highest BCUT2D eigenvalue weighted by Gasteiger charge is 2.29. The lowest BCUT2D eigenvalue weighted by Crippen LogP contribution is -2.39. The lowest BCUT2D eigenvalue weighted by atomic mass is 9.98. The Morgan fingerprint density at radius 1 is 1.11 bits per heavy atom. The number of hydrogen-bond donors (Lipinski definition) is 2. The largest absolute Gasteiger partial charge is 0.480 e. The molecule has 1 atom stereocenters. The molecule has 28 heavy (non-hydrogen) atoms. The van der Waals surface area contributed by atoms with Crippen LogP contribution in [0.3, 0.4) is 0 Å². The van der Waals surface area contributed by atoms with E-state index in [0.717, 1.165) is 28.7 Å². The fourth-order valence-corrected chi connectivity index (χ4v) is 2.88. The van der Waals surface area contributed by atoms with Crippen molar-refractivity contribution in [1.82, 2.24) is 10.2 Å². The van der Waals surface area contributed by atoms with E-state index in [-0.39, 0.29) is 12.5 Å². The van der Waals surface area contributed by atoms with E-state index < -0.39 is 18.1 Å². The van der Waals surface area contributed by atoms with Crippen LogP contribution in [0.25, 0.3) is 11.1 Å². The summed E-state index contributed by atoms with van der Waals surface area (Å²) in [5, 5.41) is 11.1. The number of rotatable bonds is 5. The smallest absolute Gasteiger partial charge is 0.407 e. The standard InChI is InChI=1S/C18H17NO4.C3H7NO/c1-11(17(20)21)19-18(22)23-10-16-14-8-4-2-6-12(14)13-7-3-5-9-15(13)16;1-4(2)3-5/h2-9,11,16H,10H2,1H3,(H,19,22)(H,20,21);3H,1-2H3/t11-;/m0./s1. The maximum absolute atomic E-state index is 11.7. The molecule has 2 aromatic rings. The van der Waals surface area contributed by atoms with E-state index in [0.29, 0.717) is 0 Å². The normalized spacial score (nSPS) is 12.5. The van der Waals surface area contributed by atoms with E-state index in [4.69, 9.17) is 9.84 Å². The van der Waals surface area contributed by atoms with Gasteiger partial charge in [-0.05, 0) is 29.2 Å². The predicted molar refractivity (Wildman–Crippen MR) is 105 cm³/mol. The molecule has 7 heteroatoms. The van der Waals surface area contributed by atoms with E-state index in [1.807, 2.05) is 36.4 Å². The Labute approximate surface area is 163 Å². The number of ether oxygens (including phenoxy) is 1. The van der Waals surface area contributed by atoms with E-state index in [2.05, 4.69) is 17.4 Å². The van der Waals surface area contributed by atoms with Crippen molar-refractivity contribution < 1.29 is 24.2 Å². The zero-order chi connectivity index (χ0) is 20.7. The molecule has 0 radical (unpaired) electrons. The van der Waals surface area contributed by atoms with Gasteiger partial charge in [0, 0.05) is 20.0 Å². The minimum absolute atomic E-state index is 0.0340. The van der Waals surface area contributed by atoms with Crippen molar-refractivity contribution in [3.63, 3.8) is 0 Å². The number of nitrogens with zero attached hydrogens (tertiary/aromatic N) is 1. The fraction of sp³-hybridized carbons (Fsp3) is 0.286. The molecule has 0 heterocycles. The molecule has 0 bridgehead atoms. The molecule has 2 N–H and O–H groups in total. The van der Waals surface area contributed by atoms with Crippen LogP contribution < -0.4 is 5.32 Å². The first-order chi connectivity index (χ1) is 13.3. The number of amides is 2. The van der Waals surface area contributed by atoms with Crippen LogP contribution in [0.5, 0.6) is 0 Å². The average molecular weight is 384 g/mol. The van der Waals surface area contributed by atoms with Crippen molar-refractivity contribution >= 4 is 18.5 Å². The monoisotopic (exact) mass is 384 g/mol. The first kappa shape index (κ1) is 21.0. The lowest BCUT2D eigenvalue weighted by molar-refractivity contribution is -0.138. The van der Waals surface area contributed by atoms with Gasteiger partial charge in [0.25, 0.3) is 0 Å². The summed E-state index contributed by atoms with van der Waals surface area (Å²) in [6.45, 7) is 1.57. The molecule has 2 amide bonds.